The molecule has 23 heavy (non-hydrogen) atoms. The highest BCUT2D eigenvalue weighted by Gasteiger charge is 2.34. The van der Waals surface area contributed by atoms with Crippen LogP contribution >= 0.6 is 15.9 Å². The molecule has 2 fully saturated rings. The maximum absolute atomic E-state index is 12.1. The van der Waals surface area contributed by atoms with Crippen LogP contribution in [0.3, 0.4) is 0 Å². The van der Waals surface area contributed by atoms with E-state index in [9.17, 15) is 4.79 Å². The molecule has 1 saturated heterocycles. The van der Waals surface area contributed by atoms with Crippen LogP contribution in [0.5, 0.6) is 0 Å². The first-order chi connectivity index (χ1) is 11.2. The van der Waals surface area contributed by atoms with E-state index in [2.05, 4.69) is 31.9 Å². The van der Waals surface area contributed by atoms with Gasteiger partial charge in [-0.3, -0.25) is 4.79 Å². The van der Waals surface area contributed by atoms with Crippen molar-refractivity contribution in [2.24, 2.45) is 5.92 Å². The Morgan fingerprint density at radius 1 is 1.30 bits per heavy atom. The second-order valence-electron chi connectivity index (χ2n) is 6.27. The van der Waals surface area contributed by atoms with Crippen molar-refractivity contribution in [1.29, 1.82) is 0 Å². The van der Waals surface area contributed by atoms with E-state index < -0.39 is 0 Å². The normalized spacial score (nSPS) is 27.8. The molecule has 0 spiro atoms. The van der Waals surface area contributed by atoms with Crippen molar-refractivity contribution in [1.82, 2.24) is 10.6 Å². The fourth-order valence-electron chi connectivity index (χ4n) is 3.55. The number of morpholine rings is 1. The maximum Gasteiger partial charge on any atom is 0.238 e. The molecule has 3 N–H and O–H groups in total. The SMILES string of the molecule is O=C(CNC1CCCC1C1COCCN1)Nc1ccc(Br)cc1. The molecule has 1 heterocycles. The smallest absolute Gasteiger partial charge is 0.238 e. The number of carbonyl (C=O) groups excluding carboxylic acids is 1. The van der Waals surface area contributed by atoms with Gasteiger partial charge in [-0.1, -0.05) is 22.4 Å². The van der Waals surface area contributed by atoms with Gasteiger partial charge < -0.3 is 20.7 Å². The fraction of sp³-hybridized carbons (Fsp3) is 0.588. The van der Waals surface area contributed by atoms with Gasteiger partial charge in [-0.05, 0) is 43.0 Å². The van der Waals surface area contributed by atoms with Gasteiger partial charge in [-0.25, -0.2) is 0 Å². The molecule has 1 saturated carbocycles. The summed E-state index contributed by atoms with van der Waals surface area (Å²) in [5.41, 5.74) is 0.824. The molecule has 1 aromatic rings. The standard InChI is InChI=1S/C17H24BrN3O2/c18-12-4-6-13(7-5-12)21-17(22)10-20-15-3-1-2-14(15)16-11-23-9-8-19-16/h4-7,14-16,19-20H,1-3,8-11H2,(H,21,22). The zero-order valence-corrected chi connectivity index (χ0v) is 14.8. The number of carbonyl (C=O) groups is 1. The van der Waals surface area contributed by atoms with Crippen LogP contribution in [0, 0.1) is 5.92 Å². The third-order valence-corrected chi connectivity index (χ3v) is 5.22. The molecule has 126 valence electrons. The Hall–Kier alpha value is -0.950. The minimum absolute atomic E-state index is 0.00539. The molecule has 0 radical (unpaired) electrons. The number of amides is 1. The molecule has 0 bridgehead atoms. The molecule has 1 amide bonds. The molecule has 0 aromatic heterocycles. The van der Waals surface area contributed by atoms with Gasteiger partial charge in [0, 0.05) is 28.8 Å². The average molecular weight is 382 g/mol. The fourth-order valence-corrected chi connectivity index (χ4v) is 3.81. The van der Waals surface area contributed by atoms with E-state index in [1.165, 1.54) is 12.8 Å². The van der Waals surface area contributed by atoms with E-state index in [0.29, 0.717) is 24.5 Å². The third-order valence-electron chi connectivity index (χ3n) is 4.69. The Bertz CT molecular complexity index is 517. The summed E-state index contributed by atoms with van der Waals surface area (Å²) in [4.78, 5) is 12.1. The monoisotopic (exact) mass is 381 g/mol. The summed E-state index contributed by atoms with van der Waals surface area (Å²) in [5.74, 6) is 0.557. The highest BCUT2D eigenvalue weighted by molar-refractivity contribution is 9.10. The van der Waals surface area contributed by atoms with E-state index in [0.717, 1.165) is 36.3 Å². The molecule has 6 heteroatoms. The van der Waals surface area contributed by atoms with Gasteiger partial charge >= 0.3 is 0 Å². The molecule has 5 nitrogen and oxygen atoms in total. The van der Waals surface area contributed by atoms with Gasteiger partial charge in [0.05, 0.1) is 19.8 Å². The summed E-state index contributed by atoms with van der Waals surface area (Å²) in [6, 6.07) is 8.44. The van der Waals surface area contributed by atoms with Gasteiger partial charge in [0.25, 0.3) is 0 Å². The number of ether oxygens (including phenoxy) is 1. The molecule has 3 rings (SSSR count). The van der Waals surface area contributed by atoms with Gasteiger partial charge in [0.1, 0.15) is 0 Å². The summed E-state index contributed by atoms with van der Waals surface area (Å²) >= 11 is 3.39. The number of halogens is 1. The largest absolute Gasteiger partial charge is 0.379 e. The molecule has 2 aliphatic rings. The molecule has 3 unspecified atom stereocenters. The third kappa shape index (κ3) is 4.76. The van der Waals surface area contributed by atoms with Crippen LogP contribution in [0.25, 0.3) is 0 Å². The van der Waals surface area contributed by atoms with E-state index in [-0.39, 0.29) is 5.91 Å². The second-order valence-corrected chi connectivity index (χ2v) is 7.19. The number of nitrogens with one attached hydrogen (secondary N) is 3. The van der Waals surface area contributed by atoms with Gasteiger partial charge in [0.15, 0.2) is 0 Å². The van der Waals surface area contributed by atoms with Crippen LogP contribution in [-0.2, 0) is 9.53 Å². The lowest BCUT2D eigenvalue weighted by atomic mass is 9.94. The quantitative estimate of drug-likeness (QED) is 0.730. The predicted octanol–water partition coefficient (Wildman–Crippen LogP) is 2.13. The number of rotatable bonds is 5. The van der Waals surface area contributed by atoms with Crippen molar-refractivity contribution < 1.29 is 9.53 Å². The minimum Gasteiger partial charge on any atom is -0.379 e. The van der Waals surface area contributed by atoms with Crippen LogP contribution < -0.4 is 16.0 Å². The molecule has 1 aromatic carbocycles. The zero-order chi connectivity index (χ0) is 16.1. The van der Waals surface area contributed by atoms with E-state index in [1.54, 1.807) is 0 Å². The molecular weight excluding hydrogens is 358 g/mol. The first-order valence-corrected chi connectivity index (χ1v) is 9.11. The van der Waals surface area contributed by atoms with Gasteiger partial charge in [-0.15, -0.1) is 0 Å². The van der Waals surface area contributed by atoms with Crippen molar-refractivity contribution in [2.45, 2.75) is 31.3 Å². The van der Waals surface area contributed by atoms with Gasteiger partial charge in [-0.2, -0.15) is 0 Å². The zero-order valence-electron chi connectivity index (χ0n) is 13.2. The Kier molecular flexibility index (Phi) is 6.05. The minimum atomic E-state index is 0.00539. The van der Waals surface area contributed by atoms with E-state index >= 15 is 0 Å². The second kappa shape index (κ2) is 8.24. The van der Waals surface area contributed by atoms with Crippen LogP contribution in [0.4, 0.5) is 5.69 Å². The predicted molar refractivity (Wildman–Crippen MR) is 94.5 cm³/mol. The number of hydrogen-bond acceptors (Lipinski definition) is 4. The van der Waals surface area contributed by atoms with Crippen LogP contribution in [-0.4, -0.2) is 44.3 Å². The first kappa shape index (κ1) is 16.9. The van der Waals surface area contributed by atoms with Crippen molar-refractivity contribution in [3.05, 3.63) is 28.7 Å². The average Bonchev–Trinajstić information content (AvgIpc) is 3.04. The number of benzene rings is 1. The van der Waals surface area contributed by atoms with Crippen molar-refractivity contribution >= 4 is 27.5 Å². The molecule has 3 atom stereocenters. The van der Waals surface area contributed by atoms with Crippen molar-refractivity contribution in [3.8, 4) is 0 Å². The summed E-state index contributed by atoms with van der Waals surface area (Å²) in [6.45, 7) is 2.87. The Morgan fingerprint density at radius 2 is 2.13 bits per heavy atom. The molecular formula is C17H24BrN3O2. The summed E-state index contributed by atoms with van der Waals surface area (Å²) < 4.78 is 6.59. The van der Waals surface area contributed by atoms with E-state index in [4.69, 9.17) is 4.74 Å². The van der Waals surface area contributed by atoms with Crippen molar-refractivity contribution in [2.75, 3.05) is 31.6 Å². The summed E-state index contributed by atoms with van der Waals surface area (Å²) in [5, 5.41) is 9.92. The molecule has 1 aliphatic heterocycles. The summed E-state index contributed by atoms with van der Waals surface area (Å²) in [7, 11) is 0. The lowest BCUT2D eigenvalue weighted by Crippen LogP contribution is -2.51. The Balaban J connectivity index is 1.46. The lowest BCUT2D eigenvalue weighted by Gasteiger charge is -2.32. The Morgan fingerprint density at radius 3 is 2.87 bits per heavy atom. The Labute approximate surface area is 145 Å². The highest BCUT2D eigenvalue weighted by atomic mass is 79.9. The lowest BCUT2D eigenvalue weighted by molar-refractivity contribution is -0.115. The maximum atomic E-state index is 12.1. The molecule has 1 aliphatic carbocycles. The summed E-state index contributed by atoms with van der Waals surface area (Å²) in [6.07, 6.45) is 3.55. The van der Waals surface area contributed by atoms with E-state index in [1.807, 2.05) is 24.3 Å². The van der Waals surface area contributed by atoms with Crippen LogP contribution in [0.2, 0.25) is 0 Å². The van der Waals surface area contributed by atoms with Crippen LogP contribution in [0.15, 0.2) is 28.7 Å². The highest BCUT2D eigenvalue weighted by Crippen LogP contribution is 2.29. The van der Waals surface area contributed by atoms with Crippen molar-refractivity contribution in [3.63, 3.8) is 0 Å². The number of anilines is 1. The number of hydrogen-bond donors (Lipinski definition) is 3. The topological polar surface area (TPSA) is 62.4 Å². The van der Waals surface area contributed by atoms with Gasteiger partial charge in [0.2, 0.25) is 5.91 Å². The van der Waals surface area contributed by atoms with Crippen LogP contribution in [0.1, 0.15) is 19.3 Å². The first-order valence-electron chi connectivity index (χ1n) is 8.32.